The number of nitrogens with one attached hydrogen (secondary N) is 1. The average molecular weight is 387 g/mol. The predicted octanol–water partition coefficient (Wildman–Crippen LogP) is 4.15. The van der Waals surface area contributed by atoms with Crippen LogP contribution in [0.4, 0.5) is 5.82 Å². The molecule has 0 spiro atoms. The number of carbonyl (C=O) groups is 1. The van der Waals surface area contributed by atoms with E-state index < -0.39 is 0 Å². The Morgan fingerprint density at radius 2 is 1.89 bits per heavy atom. The van der Waals surface area contributed by atoms with Crippen LogP contribution in [0, 0.1) is 6.92 Å². The van der Waals surface area contributed by atoms with Crippen molar-refractivity contribution in [2.45, 2.75) is 13.3 Å². The number of hydrogen-bond acceptors (Lipinski definition) is 6. The fourth-order valence-corrected chi connectivity index (χ4v) is 3.65. The van der Waals surface area contributed by atoms with E-state index in [0.717, 1.165) is 33.0 Å². The highest BCUT2D eigenvalue weighted by atomic mass is 32.1. The molecule has 0 bridgehead atoms. The summed E-state index contributed by atoms with van der Waals surface area (Å²) in [4.78, 5) is 30.2. The zero-order valence-electron chi connectivity index (χ0n) is 15.2. The molecule has 138 valence electrons. The maximum Gasteiger partial charge on any atom is 0.230 e. The largest absolute Gasteiger partial charge is 0.310 e. The fraction of sp³-hybridized carbons (Fsp3) is 0.0952. The molecule has 0 aliphatic heterocycles. The maximum atomic E-state index is 12.4. The first-order chi connectivity index (χ1) is 13.7. The minimum absolute atomic E-state index is 0.0981. The van der Waals surface area contributed by atoms with Gasteiger partial charge in [-0.1, -0.05) is 0 Å². The van der Waals surface area contributed by atoms with Crippen LogP contribution < -0.4 is 5.32 Å². The van der Waals surface area contributed by atoms with E-state index >= 15 is 0 Å². The van der Waals surface area contributed by atoms with Gasteiger partial charge in [-0.3, -0.25) is 19.7 Å². The molecule has 7 heteroatoms. The first-order valence-electron chi connectivity index (χ1n) is 8.70. The molecule has 0 fully saturated rings. The number of amides is 1. The summed E-state index contributed by atoms with van der Waals surface area (Å²) in [6.07, 6.45) is 8.71. The van der Waals surface area contributed by atoms with E-state index in [9.17, 15) is 4.79 Å². The molecule has 4 rings (SSSR count). The zero-order chi connectivity index (χ0) is 19.3. The van der Waals surface area contributed by atoms with E-state index in [4.69, 9.17) is 0 Å². The van der Waals surface area contributed by atoms with Gasteiger partial charge in [-0.2, -0.15) is 0 Å². The molecule has 0 atom stereocenters. The van der Waals surface area contributed by atoms with Crippen molar-refractivity contribution in [2.75, 3.05) is 5.32 Å². The Hall–Kier alpha value is -3.45. The van der Waals surface area contributed by atoms with Crippen LogP contribution in [-0.2, 0) is 11.2 Å². The fourth-order valence-electron chi connectivity index (χ4n) is 2.76. The third-order valence-electron chi connectivity index (χ3n) is 4.11. The van der Waals surface area contributed by atoms with Crippen LogP contribution >= 0.6 is 11.3 Å². The third-order valence-corrected chi connectivity index (χ3v) is 5.05. The minimum Gasteiger partial charge on any atom is -0.310 e. The zero-order valence-corrected chi connectivity index (χ0v) is 16.0. The lowest BCUT2D eigenvalue weighted by atomic mass is 10.1. The van der Waals surface area contributed by atoms with E-state index in [1.807, 2.05) is 31.2 Å². The van der Waals surface area contributed by atoms with E-state index in [0.29, 0.717) is 12.2 Å². The maximum absolute atomic E-state index is 12.4. The number of carbonyl (C=O) groups excluding carboxylic acids is 1. The molecule has 0 saturated carbocycles. The van der Waals surface area contributed by atoms with Crippen molar-refractivity contribution < 1.29 is 4.79 Å². The molecule has 0 saturated heterocycles. The Kier molecular flexibility index (Phi) is 5.16. The van der Waals surface area contributed by atoms with Crippen LogP contribution in [0.25, 0.3) is 22.4 Å². The second-order valence-electron chi connectivity index (χ2n) is 6.24. The van der Waals surface area contributed by atoms with Gasteiger partial charge in [0.2, 0.25) is 5.91 Å². The number of aromatic nitrogens is 4. The summed E-state index contributed by atoms with van der Waals surface area (Å²) >= 11 is 1.57. The van der Waals surface area contributed by atoms with Crippen LogP contribution in [0.15, 0.2) is 66.7 Å². The molecule has 0 radical (unpaired) electrons. The molecule has 4 aromatic rings. The summed E-state index contributed by atoms with van der Waals surface area (Å²) < 4.78 is 0. The van der Waals surface area contributed by atoms with Crippen molar-refractivity contribution in [3.8, 4) is 22.4 Å². The second-order valence-corrected chi connectivity index (χ2v) is 7.23. The lowest BCUT2D eigenvalue weighted by molar-refractivity contribution is -0.115. The second kappa shape index (κ2) is 8.06. The molecule has 0 aromatic carbocycles. The highest BCUT2D eigenvalue weighted by Crippen LogP contribution is 2.26. The van der Waals surface area contributed by atoms with Gasteiger partial charge in [-0.05, 0) is 53.8 Å². The Labute approximate surface area is 166 Å². The van der Waals surface area contributed by atoms with Gasteiger partial charge >= 0.3 is 0 Å². The first-order valence-corrected chi connectivity index (χ1v) is 9.58. The topological polar surface area (TPSA) is 80.7 Å². The molecular formula is C21H17N5OS. The summed E-state index contributed by atoms with van der Waals surface area (Å²) in [6, 6.07) is 9.68. The Morgan fingerprint density at radius 1 is 0.964 bits per heavy atom. The highest BCUT2D eigenvalue weighted by molar-refractivity contribution is 7.10. The Balaban J connectivity index is 1.39. The van der Waals surface area contributed by atoms with Gasteiger partial charge in [-0.25, -0.2) is 4.98 Å². The van der Waals surface area contributed by atoms with Gasteiger partial charge < -0.3 is 5.32 Å². The number of thiophene rings is 1. The SMILES string of the molecule is Cc1cc(-c2csc(CC(=O)Nc3ccc(-c4cnccn4)cn3)c2)ccn1. The molecule has 1 N–H and O–H groups in total. The van der Waals surface area contributed by atoms with Crippen LogP contribution in [-0.4, -0.2) is 25.8 Å². The van der Waals surface area contributed by atoms with Crippen molar-refractivity contribution in [3.05, 3.63) is 77.3 Å². The molecular weight excluding hydrogens is 370 g/mol. The van der Waals surface area contributed by atoms with Crippen molar-refractivity contribution in [1.29, 1.82) is 0 Å². The number of rotatable bonds is 5. The van der Waals surface area contributed by atoms with Crippen LogP contribution in [0.2, 0.25) is 0 Å². The van der Waals surface area contributed by atoms with Gasteiger partial charge in [0, 0.05) is 40.9 Å². The molecule has 28 heavy (non-hydrogen) atoms. The quantitative estimate of drug-likeness (QED) is 0.556. The number of anilines is 1. The highest BCUT2D eigenvalue weighted by Gasteiger charge is 2.09. The summed E-state index contributed by atoms with van der Waals surface area (Å²) in [5.74, 6) is 0.415. The molecule has 0 aliphatic carbocycles. The summed E-state index contributed by atoms with van der Waals surface area (Å²) in [7, 11) is 0. The number of aryl methyl sites for hydroxylation is 1. The van der Waals surface area contributed by atoms with Crippen molar-refractivity contribution in [2.24, 2.45) is 0 Å². The van der Waals surface area contributed by atoms with Crippen molar-refractivity contribution in [3.63, 3.8) is 0 Å². The van der Waals surface area contributed by atoms with E-state index in [1.54, 1.807) is 48.4 Å². The minimum atomic E-state index is -0.0981. The van der Waals surface area contributed by atoms with Gasteiger partial charge in [0.25, 0.3) is 0 Å². The average Bonchev–Trinajstić information content (AvgIpc) is 3.17. The van der Waals surface area contributed by atoms with Crippen LogP contribution in [0.3, 0.4) is 0 Å². The summed E-state index contributed by atoms with van der Waals surface area (Å²) in [5, 5.41) is 4.90. The molecule has 1 amide bonds. The summed E-state index contributed by atoms with van der Waals surface area (Å²) in [5.41, 5.74) is 4.77. The standard InChI is InChI=1S/C21H17N5OS/c1-14-8-15(4-5-23-14)17-9-18(28-13-17)10-21(27)26-20-3-2-16(11-25-20)19-12-22-6-7-24-19/h2-9,11-13H,10H2,1H3,(H,25,26,27). The Bertz CT molecular complexity index is 1090. The molecule has 4 heterocycles. The predicted molar refractivity (Wildman–Crippen MR) is 110 cm³/mol. The molecule has 0 unspecified atom stereocenters. The molecule has 6 nitrogen and oxygen atoms in total. The number of pyridine rings is 2. The van der Waals surface area contributed by atoms with Crippen molar-refractivity contribution >= 4 is 23.1 Å². The van der Waals surface area contributed by atoms with Gasteiger partial charge in [0.05, 0.1) is 18.3 Å². The van der Waals surface area contributed by atoms with E-state index in [-0.39, 0.29) is 5.91 Å². The lowest BCUT2D eigenvalue weighted by Gasteiger charge is -2.05. The lowest BCUT2D eigenvalue weighted by Crippen LogP contribution is -2.14. The van der Waals surface area contributed by atoms with E-state index in [1.165, 1.54) is 0 Å². The smallest absolute Gasteiger partial charge is 0.230 e. The first kappa shape index (κ1) is 17.9. The Morgan fingerprint density at radius 3 is 2.64 bits per heavy atom. The number of hydrogen-bond donors (Lipinski definition) is 1. The molecule has 0 aliphatic rings. The summed E-state index contributed by atoms with van der Waals surface area (Å²) in [6.45, 7) is 1.97. The van der Waals surface area contributed by atoms with Crippen LogP contribution in [0.5, 0.6) is 0 Å². The molecule has 4 aromatic heterocycles. The van der Waals surface area contributed by atoms with Crippen molar-refractivity contribution in [1.82, 2.24) is 19.9 Å². The van der Waals surface area contributed by atoms with Crippen LogP contribution in [0.1, 0.15) is 10.6 Å². The normalized spacial score (nSPS) is 10.6. The monoisotopic (exact) mass is 387 g/mol. The van der Waals surface area contributed by atoms with Gasteiger partial charge in [-0.15, -0.1) is 11.3 Å². The van der Waals surface area contributed by atoms with E-state index in [2.05, 4.69) is 30.6 Å². The van der Waals surface area contributed by atoms with Gasteiger partial charge in [0.15, 0.2) is 0 Å². The van der Waals surface area contributed by atoms with Gasteiger partial charge in [0.1, 0.15) is 5.82 Å². The third kappa shape index (κ3) is 4.27. The number of nitrogens with zero attached hydrogens (tertiary/aromatic N) is 4.